The summed E-state index contributed by atoms with van der Waals surface area (Å²) in [6.07, 6.45) is 3.98. The molecule has 0 saturated carbocycles. The Morgan fingerprint density at radius 2 is 2.00 bits per heavy atom. The zero-order chi connectivity index (χ0) is 16.8. The van der Waals surface area contributed by atoms with E-state index in [2.05, 4.69) is 5.32 Å². The van der Waals surface area contributed by atoms with Crippen molar-refractivity contribution in [2.24, 2.45) is 0 Å². The van der Waals surface area contributed by atoms with Gasteiger partial charge in [-0.2, -0.15) is 0 Å². The van der Waals surface area contributed by atoms with Gasteiger partial charge in [-0.3, -0.25) is 14.5 Å². The lowest BCUT2D eigenvalue weighted by molar-refractivity contribution is -0.145. The average Bonchev–Trinajstić information content (AvgIpc) is 2.42. The number of carbonyl (C=O) groups excluding carboxylic acids is 1. The summed E-state index contributed by atoms with van der Waals surface area (Å²) in [6, 6.07) is -0.587. The second-order valence-electron chi connectivity index (χ2n) is 5.61. The van der Waals surface area contributed by atoms with Crippen molar-refractivity contribution >= 4 is 34.3 Å². The van der Waals surface area contributed by atoms with Crippen LogP contribution < -0.4 is 5.32 Å². The Balaban J connectivity index is 0.00000484. The molecule has 1 aliphatic heterocycles. The van der Waals surface area contributed by atoms with Crippen molar-refractivity contribution in [2.45, 2.75) is 31.7 Å². The zero-order valence-corrected chi connectivity index (χ0v) is 15.2. The summed E-state index contributed by atoms with van der Waals surface area (Å²) in [5.74, 6) is -1.11. The Hall–Kier alpha value is -0.900. The van der Waals surface area contributed by atoms with Crippen molar-refractivity contribution in [1.29, 1.82) is 0 Å². The number of carboxylic acid groups (broad SMARTS) is 1. The molecule has 0 aromatic carbocycles. The maximum absolute atomic E-state index is 11.8. The number of carbonyl (C=O) groups is 2. The van der Waals surface area contributed by atoms with Gasteiger partial charge in [0.2, 0.25) is 15.9 Å². The molecule has 1 unspecified atom stereocenters. The van der Waals surface area contributed by atoms with Crippen LogP contribution in [0.4, 0.5) is 0 Å². The number of piperidine rings is 1. The van der Waals surface area contributed by atoms with Gasteiger partial charge in [0.25, 0.3) is 0 Å². The van der Waals surface area contributed by atoms with E-state index in [-0.39, 0.29) is 24.9 Å². The summed E-state index contributed by atoms with van der Waals surface area (Å²) in [6.45, 7) is 1.38. The molecule has 8 nitrogen and oxygen atoms in total. The number of nitrogens with zero attached hydrogens (tertiary/aromatic N) is 2. The number of rotatable bonds is 8. The van der Waals surface area contributed by atoms with Crippen molar-refractivity contribution < 1.29 is 23.1 Å². The molecule has 0 aromatic heterocycles. The van der Waals surface area contributed by atoms with Gasteiger partial charge < -0.3 is 10.4 Å². The molecular weight excluding hydrogens is 346 g/mol. The standard InChI is InChI=1S/C13H25N3O5S.ClH/c1-15(22(2,20)21)8-5-7-14-12(17)10-16-9-4-3-6-11(16)13(18)19;/h11H,3-10H2,1-2H3,(H,14,17)(H,18,19);1H. The van der Waals surface area contributed by atoms with Crippen LogP contribution in [-0.4, -0.2) is 80.1 Å². The Bertz CT molecular complexity index is 500. The van der Waals surface area contributed by atoms with Gasteiger partial charge >= 0.3 is 5.97 Å². The van der Waals surface area contributed by atoms with Crippen LogP contribution in [0, 0.1) is 0 Å². The second kappa shape index (κ2) is 10.1. The maximum atomic E-state index is 11.8. The van der Waals surface area contributed by atoms with Gasteiger partial charge in [-0.05, 0) is 25.8 Å². The summed E-state index contributed by atoms with van der Waals surface area (Å²) < 4.78 is 23.6. The van der Waals surface area contributed by atoms with Gasteiger partial charge in [0.05, 0.1) is 12.8 Å². The van der Waals surface area contributed by atoms with E-state index >= 15 is 0 Å². The average molecular weight is 372 g/mol. The molecule has 10 heteroatoms. The normalized spacial score (nSPS) is 19.2. The Morgan fingerprint density at radius 3 is 2.57 bits per heavy atom. The molecule has 0 spiro atoms. The van der Waals surface area contributed by atoms with Crippen LogP contribution in [0.1, 0.15) is 25.7 Å². The highest BCUT2D eigenvalue weighted by Gasteiger charge is 2.29. The molecule has 2 N–H and O–H groups in total. The van der Waals surface area contributed by atoms with Crippen molar-refractivity contribution in [3.63, 3.8) is 0 Å². The first-order valence-electron chi connectivity index (χ1n) is 7.36. The SMILES string of the molecule is CN(CCCNC(=O)CN1CCCCC1C(=O)O)S(C)(=O)=O.Cl. The Kier molecular flexibility index (Phi) is 9.67. The number of amides is 1. The van der Waals surface area contributed by atoms with E-state index in [9.17, 15) is 18.0 Å². The lowest BCUT2D eigenvalue weighted by Crippen LogP contribution is -2.49. The van der Waals surface area contributed by atoms with Crippen LogP contribution in [0.2, 0.25) is 0 Å². The minimum absolute atomic E-state index is 0. The highest BCUT2D eigenvalue weighted by molar-refractivity contribution is 7.88. The molecule has 0 aliphatic carbocycles. The molecule has 23 heavy (non-hydrogen) atoms. The first-order chi connectivity index (χ1) is 10.2. The number of aliphatic carboxylic acids is 1. The van der Waals surface area contributed by atoms with Crippen LogP contribution in [-0.2, 0) is 19.6 Å². The maximum Gasteiger partial charge on any atom is 0.320 e. The van der Waals surface area contributed by atoms with E-state index in [1.54, 1.807) is 4.90 Å². The van der Waals surface area contributed by atoms with Crippen LogP contribution in [0.25, 0.3) is 0 Å². The number of halogens is 1. The van der Waals surface area contributed by atoms with Gasteiger partial charge in [0, 0.05) is 20.1 Å². The number of hydrogen-bond acceptors (Lipinski definition) is 5. The first-order valence-corrected chi connectivity index (χ1v) is 9.21. The molecule has 1 amide bonds. The zero-order valence-electron chi connectivity index (χ0n) is 13.5. The van der Waals surface area contributed by atoms with E-state index in [4.69, 9.17) is 5.11 Å². The van der Waals surface area contributed by atoms with Crippen LogP contribution in [0.3, 0.4) is 0 Å². The van der Waals surface area contributed by atoms with Gasteiger partial charge in [0.15, 0.2) is 0 Å². The number of nitrogens with one attached hydrogen (secondary N) is 1. The quantitative estimate of drug-likeness (QED) is 0.569. The summed E-state index contributed by atoms with van der Waals surface area (Å²) >= 11 is 0. The van der Waals surface area contributed by atoms with Gasteiger partial charge in [0.1, 0.15) is 6.04 Å². The third kappa shape index (κ3) is 7.96. The molecule has 0 aromatic rings. The molecule has 1 heterocycles. The minimum atomic E-state index is -3.20. The van der Waals surface area contributed by atoms with E-state index < -0.39 is 22.0 Å². The van der Waals surface area contributed by atoms with Gasteiger partial charge in [-0.1, -0.05) is 6.42 Å². The third-order valence-electron chi connectivity index (χ3n) is 3.78. The highest BCUT2D eigenvalue weighted by Crippen LogP contribution is 2.16. The lowest BCUT2D eigenvalue weighted by Gasteiger charge is -2.32. The fourth-order valence-corrected chi connectivity index (χ4v) is 2.86. The topological polar surface area (TPSA) is 107 Å². The summed E-state index contributed by atoms with van der Waals surface area (Å²) in [7, 11) is -1.71. The number of carboxylic acids is 1. The molecular formula is C13H26ClN3O5S. The van der Waals surface area contributed by atoms with Crippen molar-refractivity contribution in [3.05, 3.63) is 0 Å². The fraction of sp³-hybridized carbons (Fsp3) is 0.846. The van der Waals surface area contributed by atoms with Gasteiger partial charge in [-0.25, -0.2) is 12.7 Å². The van der Waals surface area contributed by atoms with Crippen molar-refractivity contribution in [1.82, 2.24) is 14.5 Å². The fourth-order valence-electron chi connectivity index (χ4n) is 2.40. The van der Waals surface area contributed by atoms with Crippen molar-refractivity contribution in [3.8, 4) is 0 Å². The van der Waals surface area contributed by atoms with Crippen LogP contribution in [0.15, 0.2) is 0 Å². The molecule has 1 fully saturated rings. The summed E-state index contributed by atoms with van der Waals surface area (Å²) in [5.41, 5.74) is 0. The predicted molar refractivity (Wildman–Crippen MR) is 89.2 cm³/mol. The molecule has 1 rings (SSSR count). The number of hydrogen-bond donors (Lipinski definition) is 2. The third-order valence-corrected chi connectivity index (χ3v) is 5.10. The predicted octanol–water partition coefficient (Wildman–Crippen LogP) is -0.255. The molecule has 1 saturated heterocycles. The monoisotopic (exact) mass is 371 g/mol. The number of likely N-dealkylation sites (tertiary alicyclic amines) is 1. The second-order valence-corrected chi connectivity index (χ2v) is 7.70. The smallest absolute Gasteiger partial charge is 0.320 e. The molecule has 1 aliphatic rings. The molecule has 1 atom stereocenters. The van der Waals surface area contributed by atoms with Crippen molar-refractivity contribution in [2.75, 3.05) is 39.5 Å². The highest BCUT2D eigenvalue weighted by atomic mass is 35.5. The largest absolute Gasteiger partial charge is 0.480 e. The molecule has 0 radical (unpaired) electrons. The minimum Gasteiger partial charge on any atom is -0.480 e. The summed E-state index contributed by atoms with van der Waals surface area (Å²) in [5, 5.41) is 11.8. The van der Waals surface area contributed by atoms with E-state index in [1.807, 2.05) is 0 Å². The molecule has 136 valence electrons. The van der Waals surface area contributed by atoms with Crippen LogP contribution in [0.5, 0.6) is 0 Å². The summed E-state index contributed by atoms with van der Waals surface area (Å²) in [4.78, 5) is 24.7. The van der Waals surface area contributed by atoms with Crippen LogP contribution >= 0.6 is 12.4 Å². The van der Waals surface area contributed by atoms with E-state index in [0.29, 0.717) is 32.5 Å². The lowest BCUT2D eigenvalue weighted by atomic mass is 10.0. The van der Waals surface area contributed by atoms with E-state index in [0.717, 1.165) is 19.1 Å². The Morgan fingerprint density at radius 1 is 1.35 bits per heavy atom. The Labute approximate surface area is 143 Å². The number of sulfonamides is 1. The van der Waals surface area contributed by atoms with E-state index in [1.165, 1.54) is 11.4 Å². The molecule has 0 bridgehead atoms. The van der Waals surface area contributed by atoms with Gasteiger partial charge in [-0.15, -0.1) is 12.4 Å². The first kappa shape index (κ1) is 22.1.